The number of rotatable bonds is 10. The van der Waals surface area contributed by atoms with Crippen molar-refractivity contribution in [2.24, 2.45) is 11.7 Å². The lowest BCUT2D eigenvalue weighted by molar-refractivity contribution is -0.142. The maximum absolute atomic E-state index is 11.1. The Labute approximate surface area is 99.4 Å². The second kappa shape index (κ2) is 9.64. The van der Waals surface area contributed by atoms with Crippen molar-refractivity contribution >= 4 is 5.97 Å². The highest BCUT2D eigenvalue weighted by atomic mass is 16.4. The highest BCUT2D eigenvalue weighted by molar-refractivity contribution is 5.70. The Morgan fingerprint density at radius 3 is 2.00 bits per heavy atom. The average molecular weight is 229 g/mol. The predicted octanol–water partition coefficient (Wildman–Crippen LogP) is 3.18. The highest BCUT2D eigenvalue weighted by Crippen LogP contribution is 2.17. The zero-order valence-corrected chi connectivity index (χ0v) is 10.7. The molecule has 96 valence electrons. The van der Waals surface area contributed by atoms with Crippen LogP contribution in [0.3, 0.4) is 0 Å². The van der Waals surface area contributed by atoms with Gasteiger partial charge in [-0.15, -0.1) is 0 Å². The number of aliphatic carboxylic acids is 1. The molecule has 2 atom stereocenters. The Morgan fingerprint density at radius 1 is 1.06 bits per heavy atom. The van der Waals surface area contributed by atoms with Crippen molar-refractivity contribution in [1.82, 2.24) is 0 Å². The van der Waals surface area contributed by atoms with Crippen molar-refractivity contribution < 1.29 is 9.90 Å². The number of hydrogen-bond donors (Lipinski definition) is 2. The van der Waals surface area contributed by atoms with Gasteiger partial charge in [0.15, 0.2) is 0 Å². The van der Waals surface area contributed by atoms with Crippen molar-refractivity contribution in [3.63, 3.8) is 0 Å². The third-order valence-corrected chi connectivity index (χ3v) is 3.09. The number of unbranched alkanes of at least 4 members (excludes halogenated alkanes) is 4. The molecule has 0 aromatic carbocycles. The Morgan fingerprint density at radius 2 is 1.56 bits per heavy atom. The molecule has 0 aliphatic rings. The van der Waals surface area contributed by atoms with Gasteiger partial charge in [-0.25, -0.2) is 0 Å². The Kier molecular flexibility index (Phi) is 9.30. The smallest absolute Gasteiger partial charge is 0.308 e. The van der Waals surface area contributed by atoms with Gasteiger partial charge in [0.05, 0.1) is 5.92 Å². The van der Waals surface area contributed by atoms with Gasteiger partial charge in [0.2, 0.25) is 0 Å². The zero-order valence-electron chi connectivity index (χ0n) is 10.7. The van der Waals surface area contributed by atoms with Gasteiger partial charge in [-0.05, 0) is 12.8 Å². The van der Waals surface area contributed by atoms with Crippen LogP contribution in [-0.2, 0) is 4.79 Å². The Bertz CT molecular complexity index is 183. The number of carboxylic acid groups (broad SMARTS) is 1. The summed E-state index contributed by atoms with van der Waals surface area (Å²) in [5.74, 6) is -1.07. The summed E-state index contributed by atoms with van der Waals surface area (Å²) in [6.45, 7) is 4.26. The molecule has 3 nitrogen and oxygen atoms in total. The van der Waals surface area contributed by atoms with Crippen LogP contribution >= 0.6 is 0 Å². The molecule has 0 amide bonds. The van der Waals surface area contributed by atoms with Crippen LogP contribution < -0.4 is 5.73 Å². The summed E-state index contributed by atoms with van der Waals surface area (Å²) in [6, 6.07) is -0.166. The quantitative estimate of drug-likeness (QED) is 0.565. The standard InChI is InChI=1S/C13H27NO2/c1-3-5-7-9-11(13(15)16)12(14)10-8-6-4-2/h11-12H,3-10,14H2,1-2H3,(H,15,16). The minimum Gasteiger partial charge on any atom is -0.481 e. The lowest BCUT2D eigenvalue weighted by atomic mass is 9.90. The largest absolute Gasteiger partial charge is 0.481 e. The first-order valence-corrected chi connectivity index (χ1v) is 6.61. The van der Waals surface area contributed by atoms with Crippen LogP contribution in [0.4, 0.5) is 0 Å². The molecule has 0 fully saturated rings. The molecule has 0 aliphatic carbocycles. The van der Waals surface area contributed by atoms with Gasteiger partial charge < -0.3 is 10.8 Å². The van der Waals surface area contributed by atoms with Crippen molar-refractivity contribution in [2.75, 3.05) is 0 Å². The molecule has 0 bridgehead atoms. The van der Waals surface area contributed by atoms with Crippen LogP contribution in [0, 0.1) is 5.92 Å². The van der Waals surface area contributed by atoms with Crippen molar-refractivity contribution in [3.8, 4) is 0 Å². The number of hydrogen-bond acceptors (Lipinski definition) is 2. The van der Waals surface area contributed by atoms with E-state index in [2.05, 4.69) is 13.8 Å². The Hall–Kier alpha value is -0.570. The molecule has 3 heteroatoms. The van der Waals surface area contributed by atoms with E-state index in [1.165, 1.54) is 0 Å². The van der Waals surface area contributed by atoms with E-state index in [0.29, 0.717) is 0 Å². The van der Waals surface area contributed by atoms with Gasteiger partial charge in [-0.1, -0.05) is 52.4 Å². The second-order valence-corrected chi connectivity index (χ2v) is 4.60. The summed E-state index contributed by atoms with van der Waals surface area (Å²) >= 11 is 0. The van der Waals surface area contributed by atoms with E-state index in [9.17, 15) is 4.79 Å². The first-order chi connectivity index (χ1) is 7.63. The third-order valence-electron chi connectivity index (χ3n) is 3.09. The van der Waals surface area contributed by atoms with Gasteiger partial charge in [-0.2, -0.15) is 0 Å². The molecule has 16 heavy (non-hydrogen) atoms. The monoisotopic (exact) mass is 229 g/mol. The van der Waals surface area contributed by atoms with Crippen LogP contribution in [0.2, 0.25) is 0 Å². The maximum Gasteiger partial charge on any atom is 0.308 e. The molecule has 2 unspecified atom stereocenters. The van der Waals surface area contributed by atoms with Crippen molar-refractivity contribution in [2.45, 2.75) is 71.3 Å². The molecule has 3 N–H and O–H groups in total. The lowest BCUT2D eigenvalue weighted by Crippen LogP contribution is -2.35. The van der Waals surface area contributed by atoms with Crippen LogP contribution in [0.15, 0.2) is 0 Å². The lowest BCUT2D eigenvalue weighted by Gasteiger charge is -2.19. The molecular weight excluding hydrogens is 202 g/mol. The fourth-order valence-electron chi connectivity index (χ4n) is 1.97. The normalized spacial score (nSPS) is 14.7. The van der Waals surface area contributed by atoms with Gasteiger partial charge in [0, 0.05) is 6.04 Å². The zero-order chi connectivity index (χ0) is 12.4. The molecule has 0 spiro atoms. The first-order valence-electron chi connectivity index (χ1n) is 6.61. The topological polar surface area (TPSA) is 63.3 Å². The van der Waals surface area contributed by atoms with Crippen LogP contribution in [-0.4, -0.2) is 17.1 Å². The summed E-state index contributed by atoms with van der Waals surface area (Å²) < 4.78 is 0. The van der Waals surface area contributed by atoms with E-state index < -0.39 is 5.97 Å². The maximum atomic E-state index is 11.1. The number of carbonyl (C=O) groups is 1. The third kappa shape index (κ3) is 6.83. The van der Waals surface area contributed by atoms with Crippen LogP contribution in [0.5, 0.6) is 0 Å². The summed E-state index contributed by atoms with van der Waals surface area (Å²) in [4.78, 5) is 11.1. The van der Waals surface area contributed by atoms with E-state index in [-0.39, 0.29) is 12.0 Å². The van der Waals surface area contributed by atoms with E-state index in [1.807, 2.05) is 0 Å². The van der Waals surface area contributed by atoms with E-state index in [0.717, 1.165) is 51.4 Å². The molecule has 0 rings (SSSR count). The molecule has 0 heterocycles. The summed E-state index contributed by atoms with van der Waals surface area (Å²) in [5, 5.41) is 9.12. The fourth-order valence-corrected chi connectivity index (χ4v) is 1.97. The van der Waals surface area contributed by atoms with Gasteiger partial charge in [0.1, 0.15) is 0 Å². The van der Waals surface area contributed by atoms with E-state index in [1.54, 1.807) is 0 Å². The molecule has 0 aliphatic heterocycles. The van der Waals surface area contributed by atoms with Gasteiger partial charge in [0.25, 0.3) is 0 Å². The fraction of sp³-hybridized carbons (Fsp3) is 0.923. The molecule has 0 aromatic rings. The minimum absolute atomic E-state index is 0.166. The first kappa shape index (κ1) is 15.4. The second-order valence-electron chi connectivity index (χ2n) is 4.60. The Balaban J connectivity index is 3.93. The molecule has 0 aromatic heterocycles. The van der Waals surface area contributed by atoms with Crippen LogP contribution in [0.1, 0.15) is 65.2 Å². The predicted molar refractivity (Wildman–Crippen MR) is 67.4 cm³/mol. The number of nitrogens with two attached hydrogens (primary N) is 1. The molecular formula is C13H27NO2. The highest BCUT2D eigenvalue weighted by Gasteiger charge is 2.23. The van der Waals surface area contributed by atoms with Crippen LogP contribution in [0.25, 0.3) is 0 Å². The van der Waals surface area contributed by atoms with Gasteiger partial charge >= 0.3 is 5.97 Å². The van der Waals surface area contributed by atoms with Crippen molar-refractivity contribution in [3.05, 3.63) is 0 Å². The number of carboxylic acids is 1. The molecule has 0 saturated carbocycles. The summed E-state index contributed by atoms with van der Waals surface area (Å²) in [6.07, 6.45) is 8.13. The average Bonchev–Trinajstić information content (AvgIpc) is 2.24. The SMILES string of the molecule is CCCCCC(N)C(CCCCC)C(=O)O. The minimum atomic E-state index is -0.722. The molecule has 0 saturated heterocycles. The van der Waals surface area contributed by atoms with Crippen molar-refractivity contribution in [1.29, 1.82) is 0 Å². The summed E-state index contributed by atoms with van der Waals surface area (Å²) in [5.41, 5.74) is 5.96. The van der Waals surface area contributed by atoms with E-state index >= 15 is 0 Å². The molecule has 0 radical (unpaired) electrons. The summed E-state index contributed by atoms with van der Waals surface area (Å²) in [7, 11) is 0. The van der Waals surface area contributed by atoms with E-state index in [4.69, 9.17) is 10.8 Å². The van der Waals surface area contributed by atoms with Gasteiger partial charge in [-0.3, -0.25) is 4.79 Å².